The molecule has 4 heteroatoms. The minimum atomic E-state index is 0.771. The molecular weight excluding hydrogens is 312 g/mol. The Labute approximate surface area is 148 Å². The Balaban J connectivity index is 1.69. The molecule has 0 spiro atoms. The maximum absolute atomic E-state index is 5.82. The Morgan fingerprint density at radius 2 is 1.44 bits per heavy atom. The Morgan fingerprint density at radius 3 is 1.96 bits per heavy atom. The summed E-state index contributed by atoms with van der Waals surface area (Å²) < 4.78 is 13.1. The summed E-state index contributed by atoms with van der Waals surface area (Å²) in [5, 5.41) is 0. The number of rotatable bonds is 5. The van der Waals surface area contributed by atoms with Crippen LogP contribution in [0.15, 0.2) is 59.6 Å². The first-order valence-corrected chi connectivity index (χ1v) is 8.16. The van der Waals surface area contributed by atoms with E-state index in [4.69, 9.17) is 9.47 Å². The van der Waals surface area contributed by atoms with Gasteiger partial charge in [0.25, 0.3) is 0 Å². The molecule has 0 N–H and O–H groups in total. The summed E-state index contributed by atoms with van der Waals surface area (Å²) in [5.74, 6) is 2.35. The van der Waals surface area contributed by atoms with E-state index in [-0.39, 0.29) is 0 Å². The minimum absolute atomic E-state index is 0.771. The second-order valence-electron chi connectivity index (χ2n) is 5.92. The van der Waals surface area contributed by atoms with Gasteiger partial charge in [0, 0.05) is 30.2 Å². The molecule has 3 rings (SSSR count). The summed E-state index contributed by atoms with van der Waals surface area (Å²) in [4.78, 5) is 4.55. The second-order valence-corrected chi connectivity index (χ2v) is 5.92. The number of ether oxygens (including phenoxy) is 2. The molecule has 25 heavy (non-hydrogen) atoms. The Morgan fingerprint density at radius 1 is 0.880 bits per heavy atom. The van der Waals surface area contributed by atoms with Crippen molar-refractivity contribution in [2.24, 2.45) is 12.0 Å². The van der Waals surface area contributed by atoms with Gasteiger partial charge in [0.15, 0.2) is 0 Å². The third-order valence-electron chi connectivity index (χ3n) is 4.30. The zero-order valence-corrected chi connectivity index (χ0v) is 15.0. The fourth-order valence-corrected chi connectivity index (χ4v) is 2.54. The Kier molecular flexibility index (Phi) is 4.89. The summed E-state index contributed by atoms with van der Waals surface area (Å²) in [6, 6.07) is 17.4. The highest BCUT2D eigenvalue weighted by molar-refractivity contribution is 5.83. The molecule has 0 saturated carbocycles. The lowest BCUT2D eigenvalue weighted by molar-refractivity contribution is 0.413. The van der Waals surface area contributed by atoms with Crippen molar-refractivity contribution < 1.29 is 9.47 Å². The van der Waals surface area contributed by atoms with Gasteiger partial charge in [-0.1, -0.05) is 0 Å². The van der Waals surface area contributed by atoms with Crippen LogP contribution in [0.3, 0.4) is 0 Å². The van der Waals surface area contributed by atoms with Crippen LogP contribution in [-0.4, -0.2) is 17.9 Å². The van der Waals surface area contributed by atoms with Gasteiger partial charge in [-0.2, -0.15) is 0 Å². The molecule has 0 aliphatic carbocycles. The van der Waals surface area contributed by atoms with Crippen LogP contribution in [0.2, 0.25) is 0 Å². The molecule has 128 valence electrons. The van der Waals surface area contributed by atoms with Gasteiger partial charge in [-0.15, -0.1) is 0 Å². The summed E-state index contributed by atoms with van der Waals surface area (Å²) in [5.41, 5.74) is 4.46. The number of nitrogens with zero attached hydrogens (tertiary/aromatic N) is 2. The number of hydrogen-bond donors (Lipinski definition) is 0. The number of hydrogen-bond acceptors (Lipinski definition) is 3. The largest absolute Gasteiger partial charge is 0.497 e. The highest BCUT2D eigenvalue weighted by Gasteiger charge is 2.03. The van der Waals surface area contributed by atoms with Gasteiger partial charge in [0.2, 0.25) is 0 Å². The van der Waals surface area contributed by atoms with Gasteiger partial charge >= 0.3 is 0 Å². The maximum Gasteiger partial charge on any atom is 0.127 e. The van der Waals surface area contributed by atoms with Crippen LogP contribution in [0.25, 0.3) is 0 Å². The van der Waals surface area contributed by atoms with E-state index >= 15 is 0 Å². The van der Waals surface area contributed by atoms with Crippen molar-refractivity contribution in [1.82, 2.24) is 4.57 Å². The quantitative estimate of drug-likeness (QED) is 0.602. The predicted octanol–water partition coefficient (Wildman–Crippen LogP) is 5.19. The molecule has 0 atom stereocenters. The monoisotopic (exact) mass is 334 g/mol. The van der Waals surface area contributed by atoms with E-state index in [9.17, 15) is 0 Å². The van der Waals surface area contributed by atoms with Gasteiger partial charge in [-0.3, -0.25) is 4.99 Å². The first kappa shape index (κ1) is 16.8. The van der Waals surface area contributed by atoms with E-state index in [1.54, 1.807) is 7.11 Å². The first-order chi connectivity index (χ1) is 12.1. The third-order valence-corrected chi connectivity index (χ3v) is 4.30. The van der Waals surface area contributed by atoms with E-state index in [0.29, 0.717) is 0 Å². The van der Waals surface area contributed by atoms with E-state index < -0.39 is 0 Å². The van der Waals surface area contributed by atoms with Gasteiger partial charge in [0.05, 0.1) is 12.8 Å². The number of aromatic nitrogens is 1. The topological polar surface area (TPSA) is 35.8 Å². The van der Waals surface area contributed by atoms with E-state index in [1.807, 2.05) is 54.7 Å². The third kappa shape index (κ3) is 3.91. The highest BCUT2D eigenvalue weighted by atomic mass is 16.5. The summed E-state index contributed by atoms with van der Waals surface area (Å²) in [6.45, 7) is 4.19. The van der Waals surface area contributed by atoms with Crippen LogP contribution in [-0.2, 0) is 7.05 Å². The molecule has 0 fully saturated rings. The van der Waals surface area contributed by atoms with Crippen LogP contribution >= 0.6 is 0 Å². The standard InChI is InChI=1S/C21H22N2O2/c1-15-13-17(16(2)23(15)3)14-22-18-5-7-20(8-6-18)25-21-11-9-19(24-4)10-12-21/h5-14H,1-4H3. The van der Waals surface area contributed by atoms with Gasteiger partial charge in [0.1, 0.15) is 17.2 Å². The lowest BCUT2D eigenvalue weighted by Gasteiger charge is -2.06. The van der Waals surface area contributed by atoms with Crippen LogP contribution in [0.1, 0.15) is 17.0 Å². The Bertz CT molecular complexity index is 876. The Hall–Kier alpha value is -3.01. The summed E-state index contributed by atoms with van der Waals surface area (Å²) in [7, 11) is 3.71. The number of methoxy groups -OCH3 is 1. The van der Waals surface area contributed by atoms with Crippen LogP contribution in [0.5, 0.6) is 17.2 Å². The van der Waals surface area contributed by atoms with Crippen LogP contribution in [0.4, 0.5) is 5.69 Å². The smallest absolute Gasteiger partial charge is 0.127 e. The molecule has 0 amide bonds. The molecule has 0 aliphatic rings. The highest BCUT2D eigenvalue weighted by Crippen LogP contribution is 2.25. The average molecular weight is 334 g/mol. The van der Waals surface area contributed by atoms with E-state index in [2.05, 4.69) is 36.5 Å². The molecule has 0 unspecified atom stereocenters. The van der Waals surface area contributed by atoms with Gasteiger partial charge in [-0.05, 0) is 68.4 Å². The SMILES string of the molecule is COc1ccc(Oc2ccc(N=Cc3cc(C)n(C)c3C)cc2)cc1. The first-order valence-electron chi connectivity index (χ1n) is 8.16. The molecule has 4 nitrogen and oxygen atoms in total. The maximum atomic E-state index is 5.82. The molecule has 3 aromatic rings. The summed E-state index contributed by atoms with van der Waals surface area (Å²) >= 11 is 0. The van der Waals surface area contributed by atoms with Crippen molar-refractivity contribution in [3.63, 3.8) is 0 Å². The predicted molar refractivity (Wildman–Crippen MR) is 102 cm³/mol. The van der Waals surface area contributed by atoms with Crippen molar-refractivity contribution in [3.8, 4) is 17.2 Å². The van der Waals surface area contributed by atoms with Crippen molar-refractivity contribution in [3.05, 3.63) is 71.5 Å². The van der Waals surface area contributed by atoms with Gasteiger partial charge < -0.3 is 14.0 Å². The zero-order valence-electron chi connectivity index (χ0n) is 15.0. The van der Waals surface area contributed by atoms with Crippen molar-refractivity contribution in [2.45, 2.75) is 13.8 Å². The lowest BCUT2D eigenvalue weighted by atomic mass is 10.2. The van der Waals surface area contributed by atoms with Gasteiger partial charge in [-0.25, -0.2) is 0 Å². The summed E-state index contributed by atoms with van der Waals surface area (Å²) in [6.07, 6.45) is 1.90. The normalized spacial score (nSPS) is 11.0. The molecule has 0 saturated heterocycles. The van der Waals surface area contributed by atoms with Crippen molar-refractivity contribution in [1.29, 1.82) is 0 Å². The molecule has 1 heterocycles. The average Bonchev–Trinajstić information content (AvgIpc) is 2.89. The molecule has 1 aromatic heterocycles. The van der Waals surface area contributed by atoms with E-state index in [0.717, 1.165) is 28.5 Å². The minimum Gasteiger partial charge on any atom is -0.497 e. The zero-order chi connectivity index (χ0) is 17.8. The fourth-order valence-electron chi connectivity index (χ4n) is 2.54. The van der Waals surface area contributed by atoms with E-state index in [1.165, 1.54) is 11.4 Å². The van der Waals surface area contributed by atoms with Crippen LogP contribution in [0, 0.1) is 13.8 Å². The van der Waals surface area contributed by atoms with Crippen molar-refractivity contribution >= 4 is 11.9 Å². The van der Waals surface area contributed by atoms with Crippen LogP contribution < -0.4 is 9.47 Å². The second kappa shape index (κ2) is 7.26. The molecule has 0 aliphatic heterocycles. The molecule has 0 bridgehead atoms. The molecule has 0 radical (unpaired) electrons. The lowest BCUT2D eigenvalue weighted by Crippen LogP contribution is -1.93. The number of benzene rings is 2. The van der Waals surface area contributed by atoms with Crippen molar-refractivity contribution in [2.75, 3.05) is 7.11 Å². The number of aryl methyl sites for hydroxylation is 1. The molecular formula is C21H22N2O2. The number of aliphatic imine (C=N–C) groups is 1. The molecule has 2 aromatic carbocycles. The fraction of sp³-hybridized carbons (Fsp3) is 0.190.